The zero-order valence-electron chi connectivity index (χ0n) is 14.2. The number of benzene rings is 1. The highest BCUT2D eigenvalue weighted by atomic mass is 19.1. The van der Waals surface area contributed by atoms with Crippen LogP contribution in [0, 0.1) is 23.6 Å². The van der Waals surface area contributed by atoms with Crippen molar-refractivity contribution in [3.8, 4) is 0 Å². The Labute approximate surface area is 147 Å². The molecule has 1 aromatic carbocycles. The Bertz CT molecular complexity index is 805. The quantitative estimate of drug-likeness (QED) is 0.791. The molecule has 0 spiro atoms. The summed E-state index contributed by atoms with van der Waals surface area (Å²) < 4.78 is 13.8. The Hall–Kier alpha value is -2.49. The third-order valence-electron chi connectivity index (χ3n) is 5.46. The summed E-state index contributed by atoms with van der Waals surface area (Å²) in [6, 6.07) is 11.7. The number of nitrogens with zero attached hydrogens (tertiary/aromatic N) is 2. The molecule has 0 radical (unpaired) electrons. The van der Waals surface area contributed by atoms with E-state index < -0.39 is 0 Å². The van der Waals surface area contributed by atoms with E-state index in [1.54, 1.807) is 17.2 Å². The summed E-state index contributed by atoms with van der Waals surface area (Å²) in [5.41, 5.74) is 1.50. The van der Waals surface area contributed by atoms with Gasteiger partial charge >= 0.3 is 0 Å². The Kier molecular flexibility index (Phi) is 4.12. The molecule has 4 atom stereocenters. The van der Waals surface area contributed by atoms with Gasteiger partial charge in [-0.25, -0.2) is 4.39 Å². The maximum Gasteiger partial charge on any atom is 0.226 e. The molecule has 0 saturated heterocycles. The monoisotopic (exact) mass is 336 g/mol. The van der Waals surface area contributed by atoms with Gasteiger partial charge in [-0.1, -0.05) is 30.4 Å². The van der Waals surface area contributed by atoms with Crippen LogP contribution in [0.25, 0.3) is 0 Å². The van der Waals surface area contributed by atoms with Gasteiger partial charge in [-0.3, -0.25) is 9.78 Å². The SMILES string of the molecule is CN(C(=O)[C@@H]1C[C@H]2C=C[C@H]1C2)[C@H](c1cccc(F)c1)c1ccccn1. The smallest absolute Gasteiger partial charge is 0.226 e. The van der Waals surface area contributed by atoms with Crippen LogP contribution in [0.1, 0.15) is 30.1 Å². The molecule has 1 aromatic heterocycles. The molecule has 4 rings (SSSR count). The second-order valence-electron chi connectivity index (χ2n) is 7.05. The number of allylic oxidation sites excluding steroid dienone is 2. The van der Waals surface area contributed by atoms with E-state index in [0.29, 0.717) is 11.8 Å². The summed E-state index contributed by atoms with van der Waals surface area (Å²) in [6.07, 6.45) is 8.13. The van der Waals surface area contributed by atoms with Gasteiger partial charge in [0.05, 0.1) is 11.7 Å². The third kappa shape index (κ3) is 2.97. The lowest BCUT2D eigenvalue weighted by molar-refractivity contribution is -0.136. The van der Waals surface area contributed by atoms with Crippen LogP contribution in [0.4, 0.5) is 4.39 Å². The molecule has 25 heavy (non-hydrogen) atoms. The van der Waals surface area contributed by atoms with Crippen LogP contribution >= 0.6 is 0 Å². The number of amides is 1. The topological polar surface area (TPSA) is 33.2 Å². The van der Waals surface area contributed by atoms with E-state index in [0.717, 1.165) is 24.1 Å². The first-order valence-corrected chi connectivity index (χ1v) is 8.75. The van der Waals surface area contributed by atoms with Gasteiger partial charge in [0.15, 0.2) is 0 Å². The van der Waals surface area contributed by atoms with Crippen LogP contribution in [-0.4, -0.2) is 22.8 Å². The molecule has 1 amide bonds. The Morgan fingerprint density at radius 2 is 2.08 bits per heavy atom. The highest BCUT2D eigenvalue weighted by molar-refractivity contribution is 5.80. The summed E-state index contributed by atoms with van der Waals surface area (Å²) in [5.74, 6) is 0.727. The fourth-order valence-electron chi connectivity index (χ4n) is 4.26. The summed E-state index contributed by atoms with van der Waals surface area (Å²) >= 11 is 0. The van der Waals surface area contributed by atoms with E-state index in [4.69, 9.17) is 0 Å². The molecule has 0 unspecified atom stereocenters. The molecule has 2 aliphatic rings. The zero-order chi connectivity index (χ0) is 17.4. The van der Waals surface area contributed by atoms with Crippen molar-refractivity contribution in [2.45, 2.75) is 18.9 Å². The number of hydrogen-bond donors (Lipinski definition) is 0. The second-order valence-corrected chi connectivity index (χ2v) is 7.05. The number of pyridine rings is 1. The number of fused-ring (bicyclic) bond motifs is 2. The van der Waals surface area contributed by atoms with Crippen LogP contribution < -0.4 is 0 Å². The van der Waals surface area contributed by atoms with Crippen molar-refractivity contribution in [2.24, 2.45) is 17.8 Å². The van der Waals surface area contributed by atoms with E-state index in [9.17, 15) is 9.18 Å². The predicted octanol–water partition coefficient (Wildman–Crippen LogP) is 3.98. The largest absolute Gasteiger partial charge is 0.333 e. The van der Waals surface area contributed by atoms with Gasteiger partial charge in [0.25, 0.3) is 0 Å². The Morgan fingerprint density at radius 1 is 1.20 bits per heavy atom. The maximum atomic E-state index is 13.8. The zero-order valence-corrected chi connectivity index (χ0v) is 14.2. The minimum Gasteiger partial charge on any atom is -0.333 e. The number of hydrogen-bond acceptors (Lipinski definition) is 2. The second kappa shape index (κ2) is 6.43. The molecule has 0 aliphatic heterocycles. The van der Waals surface area contributed by atoms with Crippen molar-refractivity contribution in [2.75, 3.05) is 7.05 Å². The van der Waals surface area contributed by atoms with Crippen molar-refractivity contribution in [1.82, 2.24) is 9.88 Å². The van der Waals surface area contributed by atoms with E-state index >= 15 is 0 Å². The van der Waals surface area contributed by atoms with Crippen LogP contribution in [-0.2, 0) is 4.79 Å². The van der Waals surface area contributed by atoms with Gasteiger partial charge in [0, 0.05) is 19.2 Å². The van der Waals surface area contributed by atoms with Gasteiger partial charge in [-0.2, -0.15) is 0 Å². The average Bonchev–Trinajstić information content (AvgIpc) is 3.25. The van der Waals surface area contributed by atoms with Crippen LogP contribution in [0.2, 0.25) is 0 Å². The number of halogens is 1. The number of rotatable bonds is 4. The van der Waals surface area contributed by atoms with E-state index in [1.807, 2.05) is 31.3 Å². The van der Waals surface area contributed by atoms with Crippen molar-refractivity contribution in [3.63, 3.8) is 0 Å². The Morgan fingerprint density at radius 3 is 2.72 bits per heavy atom. The molecule has 4 heteroatoms. The number of aromatic nitrogens is 1. The summed E-state index contributed by atoms with van der Waals surface area (Å²) in [5, 5.41) is 0. The molecule has 1 heterocycles. The molecule has 1 saturated carbocycles. The van der Waals surface area contributed by atoms with Crippen molar-refractivity contribution < 1.29 is 9.18 Å². The average molecular weight is 336 g/mol. The Balaban J connectivity index is 1.68. The van der Waals surface area contributed by atoms with Crippen molar-refractivity contribution >= 4 is 5.91 Å². The first-order chi connectivity index (χ1) is 12.1. The predicted molar refractivity (Wildman–Crippen MR) is 94.1 cm³/mol. The van der Waals surface area contributed by atoms with Crippen molar-refractivity contribution in [1.29, 1.82) is 0 Å². The molecule has 2 aromatic rings. The lowest BCUT2D eigenvalue weighted by Crippen LogP contribution is -2.38. The van der Waals surface area contributed by atoms with E-state index in [2.05, 4.69) is 17.1 Å². The highest BCUT2D eigenvalue weighted by Crippen LogP contribution is 2.45. The van der Waals surface area contributed by atoms with E-state index in [1.165, 1.54) is 12.1 Å². The molecular weight excluding hydrogens is 315 g/mol. The van der Waals surface area contributed by atoms with Gasteiger partial charge in [0.2, 0.25) is 5.91 Å². The number of carbonyl (C=O) groups is 1. The van der Waals surface area contributed by atoms with Crippen LogP contribution in [0.3, 0.4) is 0 Å². The minimum absolute atomic E-state index is 0.0276. The lowest BCUT2D eigenvalue weighted by Gasteiger charge is -2.32. The summed E-state index contributed by atoms with van der Waals surface area (Å²) in [6.45, 7) is 0. The molecule has 2 bridgehead atoms. The highest BCUT2D eigenvalue weighted by Gasteiger charge is 2.42. The molecule has 3 nitrogen and oxygen atoms in total. The third-order valence-corrected chi connectivity index (χ3v) is 5.46. The van der Waals surface area contributed by atoms with Crippen LogP contribution in [0.5, 0.6) is 0 Å². The molecule has 0 N–H and O–H groups in total. The fourth-order valence-corrected chi connectivity index (χ4v) is 4.26. The molecular formula is C21H21FN2O. The molecule has 128 valence electrons. The van der Waals surface area contributed by atoms with Gasteiger partial charge in [-0.05, 0) is 54.5 Å². The fraction of sp³-hybridized carbons (Fsp3) is 0.333. The first kappa shape index (κ1) is 16.0. The van der Waals surface area contributed by atoms with E-state index in [-0.39, 0.29) is 23.7 Å². The maximum absolute atomic E-state index is 13.8. The molecule has 1 fully saturated rings. The van der Waals surface area contributed by atoms with Crippen molar-refractivity contribution in [3.05, 3.63) is 77.9 Å². The minimum atomic E-state index is -0.382. The van der Waals surface area contributed by atoms with Gasteiger partial charge < -0.3 is 4.90 Å². The first-order valence-electron chi connectivity index (χ1n) is 8.75. The van der Waals surface area contributed by atoms with Gasteiger partial charge in [-0.15, -0.1) is 0 Å². The normalized spacial score (nSPS) is 25.1. The van der Waals surface area contributed by atoms with Crippen LogP contribution in [0.15, 0.2) is 60.8 Å². The summed E-state index contributed by atoms with van der Waals surface area (Å²) in [7, 11) is 1.81. The summed E-state index contributed by atoms with van der Waals surface area (Å²) in [4.78, 5) is 19.4. The molecule has 2 aliphatic carbocycles. The lowest BCUT2D eigenvalue weighted by atomic mass is 9.91. The van der Waals surface area contributed by atoms with Gasteiger partial charge in [0.1, 0.15) is 5.82 Å². The standard InChI is InChI=1S/C21H21FN2O/c1-24(21(25)18-12-14-8-9-15(18)11-14)20(19-7-2-3-10-23-19)16-5-4-6-17(22)13-16/h2-10,13-15,18,20H,11-12H2,1H3/t14-,15-,18+,20+/m0/s1. The number of carbonyl (C=O) groups excluding carboxylic acids is 1.